The van der Waals surface area contributed by atoms with Crippen molar-refractivity contribution in [2.75, 3.05) is 14.7 Å². The van der Waals surface area contributed by atoms with Gasteiger partial charge in [-0.25, -0.2) is 0 Å². The lowest BCUT2D eigenvalue weighted by Crippen LogP contribution is -2.60. The maximum Gasteiger partial charge on any atom is 0.264 e. The van der Waals surface area contributed by atoms with Crippen LogP contribution in [0, 0.1) is 0 Å². The molecule has 376 valence electrons. The van der Waals surface area contributed by atoms with Gasteiger partial charge in [-0.1, -0.05) is 193 Å². The van der Waals surface area contributed by atoms with Crippen LogP contribution in [0.15, 0.2) is 176 Å². The molecule has 0 spiro atoms. The fourth-order valence-electron chi connectivity index (χ4n) is 12.4. The van der Waals surface area contributed by atoms with Crippen LogP contribution in [0.5, 0.6) is 0 Å². The summed E-state index contributed by atoms with van der Waals surface area (Å²) in [5.41, 5.74) is 22.7. The van der Waals surface area contributed by atoms with Crippen molar-refractivity contribution in [3.8, 4) is 11.1 Å². The minimum Gasteiger partial charge on any atom is -0.311 e. The predicted octanol–water partition coefficient (Wildman–Crippen LogP) is 18.4. The van der Waals surface area contributed by atoms with E-state index in [1.807, 2.05) is 11.3 Å². The van der Waals surface area contributed by atoms with Crippen LogP contribution in [0.2, 0.25) is 0 Å². The summed E-state index contributed by atoms with van der Waals surface area (Å²) in [6.07, 6.45) is 2.32. The van der Waals surface area contributed by atoms with Crippen LogP contribution in [-0.4, -0.2) is 6.71 Å². The molecule has 0 amide bonds. The molecule has 9 aromatic rings. The molecule has 2 aliphatic heterocycles. The zero-order valence-electron chi connectivity index (χ0n) is 46.5. The molecule has 0 atom stereocenters. The molecule has 0 bridgehead atoms. The van der Waals surface area contributed by atoms with Crippen LogP contribution in [0.1, 0.15) is 131 Å². The molecule has 75 heavy (non-hydrogen) atoms. The maximum absolute atomic E-state index is 2.69. The van der Waals surface area contributed by atoms with Crippen LogP contribution < -0.4 is 30.4 Å². The Kier molecular flexibility index (Phi) is 11.4. The van der Waals surface area contributed by atoms with Gasteiger partial charge in [0.05, 0.1) is 17.1 Å². The Morgan fingerprint density at radius 3 is 1.61 bits per heavy atom. The highest BCUT2D eigenvalue weighted by molar-refractivity contribution is 7.33. The van der Waals surface area contributed by atoms with Crippen molar-refractivity contribution >= 4 is 95.0 Å². The van der Waals surface area contributed by atoms with Crippen molar-refractivity contribution in [2.45, 2.75) is 130 Å². The molecule has 0 saturated heterocycles. The summed E-state index contributed by atoms with van der Waals surface area (Å²) in [7, 11) is 0. The molecular weight excluding hydrogens is 926 g/mol. The van der Waals surface area contributed by atoms with E-state index in [1.54, 1.807) is 0 Å². The molecule has 8 aromatic carbocycles. The Balaban J connectivity index is 1.24. The lowest BCUT2D eigenvalue weighted by molar-refractivity contribution is 0.332. The average molecular weight is 998 g/mol. The van der Waals surface area contributed by atoms with Gasteiger partial charge >= 0.3 is 0 Å². The first-order valence-corrected chi connectivity index (χ1v) is 28.1. The predicted molar refractivity (Wildman–Crippen MR) is 327 cm³/mol. The summed E-state index contributed by atoms with van der Waals surface area (Å²) in [4.78, 5) is 7.81. The van der Waals surface area contributed by atoms with Crippen molar-refractivity contribution in [3.05, 3.63) is 204 Å². The summed E-state index contributed by atoms with van der Waals surface area (Å²) in [5, 5.41) is 1.30. The highest BCUT2D eigenvalue weighted by Crippen LogP contribution is 2.54. The van der Waals surface area contributed by atoms with Gasteiger partial charge in [-0.05, 0) is 157 Å². The van der Waals surface area contributed by atoms with Gasteiger partial charge in [0, 0.05) is 54.6 Å². The summed E-state index contributed by atoms with van der Waals surface area (Å²) >= 11 is 1.98. The largest absolute Gasteiger partial charge is 0.311 e. The van der Waals surface area contributed by atoms with Gasteiger partial charge in [-0.2, -0.15) is 0 Å². The molecule has 0 N–H and O–H groups in total. The number of hydrogen-bond donors (Lipinski definition) is 0. The van der Waals surface area contributed by atoms with Crippen LogP contribution in [0.3, 0.4) is 0 Å². The Labute approximate surface area is 452 Å². The van der Waals surface area contributed by atoms with Gasteiger partial charge in [0.1, 0.15) is 0 Å². The molecule has 3 aliphatic rings. The van der Waals surface area contributed by atoms with Crippen molar-refractivity contribution in [1.82, 2.24) is 0 Å². The summed E-state index contributed by atoms with van der Waals surface area (Å²) < 4.78 is 2.71. The third-order valence-corrected chi connectivity index (χ3v) is 18.2. The van der Waals surface area contributed by atoms with Crippen molar-refractivity contribution in [3.63, 3.8) is 0 Å². The monoisotopic (exact) mass is 998 g/mol. The molecule has 12 rings (SSSR count). The zero-order chi connectivity index (χ0) is 52.6. The molecule has 0 radical (unpaired) electrons. The highest BCUT2D eigenvalue weighted by atomic mass is 32.1. The Bertz CT molecular complexity index is 3640. The van der Waals surface area contributed by atoms with Gasteiger partial charge in [-0.3, -0.25) is 0 Å². The first-order valence-electron chi connectivity index (χ1n) is 27.3. The second kappa shape index (κ2) is 17.4. The van der Waals surface area contributed by atoms with Gasteiger partial charge in [-0.15, -0.1) is 11.3 Å². The number of nitrogens with zero attached hydrogens (tertiary/aromatic N) is 3. The van der Waals surface area contributed by atoms with E-state index in [1.165, 1.54) is 105 Å². The van der Waals surface area contributed by atoms with E-state index in [2.05, 4.69) is 281 Å². The fraction of sp³-hybridized carbons (Fsp3) is 0.286. The first-order chi connectivity index (χ1) is 35.6. The van der Waals surface area contributed by atoms with E-state index in [9.17, 15) is 0 Å². The first kappa shape index (κ1) is 49.1. The zero-order valence-corrected chi connectivity index (χ0v) is 47.3. The van der Waals surface area contributed by atoms with E-state index in [0.29, 0.717) is 0 Å². The van der Waals surface area contributed by atoms with Crippen molar-refractivity contribution in [2.24, 2.45) is 0 Å². The number of anilines is 9. The van der Waals surface area contributed by atoms with Gasteiger partial charge < -0.3 is 14.7 Å². The van der Waals surface area contributed by atoms with Crippen LogP contribution in [0.25, 0.3) is 21.2 Å². The number of benzene rings is 8. The molecule has 0 unspecified atom stereocenters. The fourth-order valence-corrected chi connectivity index (χ4v) is 13.8. The topological polar surface area (TPSA) is 9.72 Å². The number of thiophene rings is 1. The summed E-state index contributed by atoms with van der Waals surface area (Å²) in [5.74, 6) is 0. The molecule has 5 heteroatoms. The molecule has 0 fully saturated rings. The molecule has 0 saturated carbocycles. The quantitative estimate of drug-likeness (QED) is 0.154. The van der Waals surface area contributed by atoms with Gasteiger partial charge in [0.25, 0.3) is 6.71 Å². The van der Waals surface area contributed by atoms with Gasteiger partial charge in [0.2, 0.25) is 0 Å². The SMILES string of the molecule is CC(C)(C)c1ccc(-c2cc(C(C)(C)C)ccc2N2c3ccc(C(C)(C)C)cc3B3c4sc5ccccc5c4N(c4ccc5c(c4)C(C)(C)CCC5(C)C)c4cc(N(c5ccccc5)c5ccccc5)cc2c43)cc1. The Morgan fingerprint density at radius 2 is 1.00 bits per heavy atom. The maximum atomic E-state index is 2.69. The number of hydrogen-bond acceptors (Lipinski definition) is 4. The van der Waals surface area contributed by atoms with Crippen molar-refractivity contribution < 1.29 is 0 Å². The van der Waals surface area contributed by atoms with E-state index >= 15 is 0 Å². The smallest absolute Gasteiger partial charge is 0.264 e. The lowest BCUT2D eigenvalue weighted by atomic mass is 9.36. The second-order valence-corrected chi connectivity index (χ2v) is 27.2. The molecule has 1 aliphatic carbocycles. The minimum absolute atomic E-state index is 0.0250. The second-order valence-electron chi connectivity index (χ2n) is 26.1. The summed E-state index contributed by atoms with van der Waals surface area (Å²) in [6.45, 7) is 30.8. The lowest BCUT2D eigenvalue weighted by Gasteiger charge is -2.46. The van der Waals surface area contributed by atoms with Crippen LogP contribution in [-0.2, 0) is 27.1 Å². The van der Waals surface area contributed by atoms with E-state index in [-0.39, 0.29) is 33.8 Å². The third-order valence-electron chi connectivity index (χ3n) is 17.0. The molecule has 1 aromatic heterocycles. The van der Waals surface area contributed by atoms with Crippen LogP contribution >= 0.6 is 11.3 Å². The van der Waals surface area contributed by atoms with E-state index in [0.717, 1.165) is 23.5 Å². The van der Waals surface area contributed by atoms with Crippen molar-refractivity contribution in [1.29, 1.82) is 0 Å². The molecule has 3 nitrogen and oxygen atoms in total. The molecule has 3 heterocycles. The summed E-state index contributed by atoms with van der Waals surface area (Å²) in [6, 6.07) is 67.8. The normalized spacial score (nSPS) is 15.6. The number of fused-ring (bicyclic) bond motifs is 7. The van der Waals surface area contributed by atoms with Crippen LogP contribution in [0.4, 0.5) is 51.2 Å². The minimum atomic E-state index is -0.0690. The number of rotatable bonds is 6. The average Bonchev–Trinajstić information content (AvgIpc) is 3.83. The highest BCUT2D eigenvalue weighted by Gasteiger charge is 2.47. The standard InChI is InChI=1S/C70H72BN3S/c1-66(2,3)46-30-28-45(29-31-46)54-40-47(67(4,5)6)32-36-58(54)74-59-37-33-48(68(7,8)9)41-57(59)71-63-60(43-52(44-61(63)74)72(49-22-16-14-17-23-49)50-24-18-15-19-25-50)73(64-53-26-20-21-27-62(53)75-65(64)71)51-34-35-55-56(42-51)70(12,13)39-38-69(55,10)11/h14-37,40-44H,38-39H2,1-13H3. The third kappa shape index (κ3) is 8.24. The Morgan fingerprint density at radius 1 is 0.467 bits per heavy atom. The Hall–Kier alpha value is -6.82. The van der Waals surface area contributed by atoms with Gasteiger partial charge in [0.15, 0.2) is 0 Å². The number of para-hydroxylation sites is 2. The molecular formula is C70H72BN3S. The van der Waals surface area contributed by atoms with E-state index in [4.69, 9.17) is 0 Å². The van der Waals surface area contributed by atoms with E-state index < -0.39 is 0 Å².